The largest absolute Gasteiger partial charge is 0.497 e. The van der Waals surface area contributed by atoms with E-state index in [-0.39, 0.29) is 9.49 Å². The second kappa shape index (κ2) is 7.82. The Bertz CT molecular complexity index is 1060. The van der Waals surface area contributed by atoms with E-state index in [2.05, 4.69) is 109 Å². The first-order valence-electron chi connectivity index (χ1n) is 10.3. The first-order valence-corrected chi connectivity index (χ1v) is 11.2. The lowest BCUT2D eigenvalue weighted by atomic mass is 9.74. The summed E-state index contributed by atoms with van der Waals surface area (Å²) in [6.07, 6.45) is 0. The zero-order valence-electron chi connectivity index (χ0n) is 17.6. The lowest BCUT2D eigenvalue weighted by Gasteiger charge is -2.26. The van der Waals surface area contributed by atoms with Gasteiger partial charge in [0.15, 0.2) is 0 Å². The Morgan fingerprint density at radius 3 is 1.10 bits per heavy atom. The van der Waals surface area contributed by atoms with Crippen molar-refractivity contribution in [3.63, 3.8) is 0 Å². The van der Waals surface area contributed by atoms with Gasteiger partial charge in [-0.2, -0.15) is 0 Å². The van der Waals surface area contributed by atoms with E-state index < -0.39 is 0 Å². The van der Waals surface area contributed by atoms with Crippen LogP contribution in [0.3, 0.4) is 0 Å². The molecule has 0 amide bonds. The number of benzene rings is 4. The summed E-state index contributed by atoms with van der Waals surface area (Å²) < 4.78 is 10.4. The van der Waals surface area contributed by atoms with E-state index in [1.54, 1.807) is 14.2 Å². The summed E-state index contributed by atoms with van der Waals surface area (Å²) in [6.45, 7) is 0. The lowest BCUT2D eigenvalue weighted by molar-refractivity contribution is 0.414. The minimum absolute atomic E-state index is 0.240. The van der Waals surface area contributed by atoms with Gasteiger partial charge in [0.05, 0.1) is 23.7 Å². The standard InChI is InChI=1S/C28H24O2S/c1-29-25-17-13-23(14-18-25)27(21-9-5-3-6-10-21)28(31-27,22-11-7-4-8-12-22)24-15-19-26(30-2)20-16-24/h3-20H,1-2H3. The predicted molar refractivity (Wildman–Crippen MR) is 128 cm³/mol. The fourth-order valence-corrected chi connectivity index (χ4v) is 6.48. The molecule has 31 heavy (non-hydrogen) atoms. The van der Waals surface area contributed by atoms with Gasteiger partial charge in [0.1, 0.15) is 11.5 Å². The predicted octanol–water partition coefficient (Wildman–Crippen LogP) is 6.64. The van der Waals surface area contributed by atoms with Gasteiger partial charge in [-0.25, -0.2) is 0 Å². The molecule has 0 N–H and O–H groups in total. The van der Waals surface area contributed by atoms with E-state index in [4.69, 9.17) is 9.47 Å². The summed E-state index contributed by atoms with van der Waals surface area (Å²) in [4.78, 5) is 0. The van der Waals surface area contributed by atoms with Crippen LogP contribution in [-0.2, 0) is 9.49 Å². The van der Waals surface area contributed by atoms with Gasteiger partial charge in [-0.3, -0.25) is 0 Å². The molecule has 0 spiro atoms. The number of rotatable bonds is 6. The third-order valence-electron chi connectivity index (χ3n) is 6.11. The van der Waals surface area contributed by atoms with Crippen molar-refractivity contribution in [1.29, 1.82) is 0 Å². The maximum Gasteiger partial charge on any atom is 0.118 e. The molecule has 1 heterocycles. The maximum atomic E-state index is 5.43. The topological polar surface area (TPSA) is 18.5 Å². The van der Waals surface area contributed by atoms with Crippen molar-refractivity contribution in [3.05, 3.63) is 131 Å². The average Bonchev–Trinajstić information content (AvgIpc) is 3.58. The SMILES string of the molecule is COc1ccc(C2(c3ccccc3)SC2(c2ccccc2)c2ccc(OC)cc2)cc1. The van der Waals surface area contributed by atoms with Crippen LogP contribution in [0.5, 0.6) is 11.5 Å². The molecule has 2 unspecified atom stereocenters. The highest BCUT2D eigenvalue weighted by Gasteiger charge is 2.72. The molecule has 1 aliphatic heterocycles. The van der Waals surface area contributed by atoms with E-state index in [1.807, 2.05) is 11.8 Å². The second-order valence-electron chi connectivity index (χ2n) is 7.65. The molecule has 154 valence electrons. The minimum Gasteiger partial charge on any atom is -0.497 e. The number of hydrogen-bond donors (Lipinski definition) is 0. The van der Waals surface area contributed by atoms with Crippen molar-refractivity contribution < 1.29 is 9.47 Å². The van der Waals surface area contributed by atoms with Crippen LogP contribution in [-0.4, -0.2) is 14.2 Å². The second-order valence-corrected chi connectivity index (χ2v) is 9.08. The van der Waals surface area contributed by atoms with Crippen molar-refractivity contribution in [1.82, 2.24) is 0 Å². The van der Waals surface area contributed by atoms with Crippen molar-refractivity contribution in [3.8, 4) is 11.5 Å². The summed E-state index contributed by atoms with van der Waals surface area (Å²) in [6, 6.07) is 38.7. The molecule has 1 fully saturated rings. The Morgan fingerprint density at radius 2 is 0.774 bits per heavy atom. The molecule has 0 aliphatic carbocycles. The fourth-order valence-electron chi connectivity index (χ4n) is 4.58. The molecule has 0 radical (unpaired) electrons. The first-order chi connectivity index (χ1) is 15.2. The highest BCUT2D eigenvalue weighted by molar-refractivity contribution is 8.09. The number of hydrogen-bond acceptors (Lipinski definition) is 3. The van der Waals surface area contributed by atoms with E-state index in [0.29, 0.717) is 0 Å². The Kier molecular flexibility index (Phi) is 4.99. The van der Waals surface area contributed by atoms with Gasteiger partial charge in [-0.15, -0.1) is 11.8 Å². The zero-order valence-corrected chi connectivity index (χ0v) is 18.4. The third-order valence-corrected chi connectivity index (χ3v) is 8.08. The molecule has 4 aromatic carbocycles. The average molecular weight is 425 g/mol. The highest BCUT2D eigenvalue weighted by atomic mass is 32.2. The smallest absolute Gasteiger partial charge is 0.118 e. The van der Waals surface area contributed by atoms with Crippen LogP contribution in [0.25, 0.3) is 0 Å². The number of methoxy groups -OCH3 is 2. The molecule has 3 heteroatoms. The summed E-state index contributed by atoms with van der Waals surface area (Å²) in [5.41, 5.74) is 5.13. The van der Waals surface area contributed by atoms with Gasteiger partial charge in [-0.1, -0.05) is 84.9 Å². The monoisotopic (exact) mass is 424 g/mol. The van der Waals surface area contributed by atoms with Gasteiger partial charge in [0.2, 0.25) is 0 Å². The highest BCUT2D eigenvalue weighted by Crippen LogP contribution is 2.80. The number of ether oxygens (including phenoxy) is 2. The van der Waals surface area contributed by atoms with Crippen molar-refractivity contribution >= 4 is 11.8 Å². The van der Waals surface area contributed by atoms with Crippen LogP contribution in [0.15, 0.2) is 109 Å². The van der Waals surface area contributed by atoms with E-state index in [0.717, 1.165) is 11.5 Å². The lowest BCUT2D eigenvalue weighted by Crippen LogP contribution is -2.25. The summed E-state index contributed by atoms with van der Waals surface area (Å²) >= 11 is 1.99. The Balaban J connectivity index is 1.77. The summed E-state index contributed by atoms with van der Waals surface area (Å²) in [5.74, 6) is 1.74. The molecule has 2 atom stereocenters. The number of thioether (sulfide) groups is 1. The third kappa shape index (κ3) is 3.03. The molecule has 4 aromatic rings. The molecule has 0 aromatic heterocycles. The quantitative estimate of drug-likeness (QED) is 0.323. The molecule has 5 rings (SSSR count). The zero-order chi connectivity index (χ0) is 21.3. The Hall–Kier alpha value is -3.17. The van der Waals surface area contributed by atoms with E-state index in [9.17, 15) is 0 Å². The van der Waals surface area contributed by atoms with Crippen molar-refractivity contribution in [2.45, 2.75) is 9.49 Å². The molecule has 2 nitrogen and oxygen atoms in total. The van der Waals surface area contributed by atoms with Crippen LogP contribution in [0.2, 0.25) is 0 Å². The van der Waals surface area contributed by atoms with Gasteiger partial charge < -0.3 is 9.47 Å². The van der Waals surface area contributed by atoms with Crippen LogP contribution < -0.4 is 9.47 Å². The minimum atomic E-state index is -0.240. The molecule has 1 saturated heterocycles. The van der Waals surface area contributed by atoms with Crippen LogP contribution in [0.4, 0.5) is 0 Å². The van der Waals surface area contributed by atoms with Gasteiger partial charge in [0, 0.05) is 0 Å². The fraction of sp³-hybridized carbons (Fsp3) is 0.143. The van der Waals surface area contributed by atoms with Crippen LogP contribution in [0, 0.1) is 0 Å². The normalized spacial score (nSPS) is 22.0. The first kappa shape index (κ1) is 19.8. The molecule has 0 saturated carbocycles. The van der Waals surface area contributed by atoms with E-state index in [1.165, 1.54) is 22.3 Å². The molecular formula is C28H24O2S. The van der Waals surface area contributed by atoms with Crippen molar-refractivity contribution in [2.24, 2.45) is 0 Å². The maximum absolute atomic E-state index is 5.43. The van der Waals surface area contributed by atoms with Crippen LogP contribution in [0.1, 0.15) is 22.3 Å². The van der Waals surface area contributed by atoms with Gasteiger partial charge in [0.25, 0.3) is 0 Å². The van der Waals surface area contributed by atoms with E-state index >= 15 is 0 Å². The van der Waals surface area contributed by atoms with Crippen molar-refractivity contribution in [2.75, 3.05) is 14.2 Å². The van der Waals surface area contributed by atoms with Crippen LogP contribution >= 0.6 is 11.8 Å². The summed E-state index contributed by atoms with van der Waals surface area (Å²) in [5, 5.41) is 0. The Labute approximate surface area is 187 Å². The summed E-state index contributed by atoms with van der Waals surface area (Å²) in [7, 11) is 3.42. The molecule has 0 bridgehead atoms. The van der Waals surface area contributed by atoms with Gasteiger partial charge in [-0.05, 0) is 46.5 Å². The molecule has 1 aliphatic rings. The molecular weight excluding hydrogens is 400 g/mol. The Morgan fingerprint density at radius 1 is 0.452 bits per heavy atom. The van der Waals surface area contributed by atoms with Gasteiger partial charge >= 0.3 is 0 Å².